The fourth-order valence-corrected chi connectivity index (χ4v) is 5.08. The Hall–Kier alpha value is -2.31. The Bertz CT molecular complexity index is 988. The van der Waals surface area contributed by atoms with Gasteiger partial charge in [-0.25, -0.2) is 4.98 Å². The van der Waals surface area contributed by atoms with Crippen LogP contribution in [-0.4, -0.2) is 28.5 Å². The molecule has 1 aliphatic carbocycles. The molecule has 170 valence electrons. The number of rotatable bonds is 8. The van der Waals surface area contributed by atoms with Crippen LogP contribution < -0.4 is 10.6 Å². The number of aliphatic carboxylic acids is 1. The number of halogens is 2. The number of carboxylic acid groups (broad SMARTS) is 1. The molecule has 32 heavy (non-hydrogen) atoms. The molecule has 1 unspecified atom stereocenters. The normalized spacial score (nSPS) is 20.4. The molecule has 2 heterocycles. The van der Waals surface area contributed by atoms with E-state index in [4.69, 9.17) is 28.2 Å². The van der Waals surface area contributed by atoms with Crippen LogP contribution in [0.5, 0.6) is 0 Å². The summed E-state index contributed by atoms with van der Waals surface area (Å²) in [5.74, 6) is 0.300. The molecule has 0 bridgehead atoms. The molecule has 0 spiro atoms. The number of anilines is 1. The van der Waals surface area contributed by atoms with E-state index in [1.54, 1.807) is 18.2 Å². The molecular weight excluding hydrogens is 449 g/mol. The molecule has 4 rings (SSSR count). The van der Waals surface area contributed by atoms with E-state index < -0.39 is 12.0 Å². The molecule has 8 heteroatoms. The molecule has 1 atom stereocenters. The van der Waals surface area contributed by atoms with Gasteiger partial charge in [0.05, 0.1) is 12.5 Å². The van der Waals surface area contributed by atoms with Crippen LogP contribution in [0, 0.1) is 11.8 Å². The van der Waals surface area contributed by atoms with Gasteiger partial charge in [0, 0.05) is 28.2 Å². The molecule has 1 fully saturated rings. The number of nitrogens with zero attached hydrogens (tertiary/aromatic N) is 1. The lowest BCUT2D eigenvalue weighted by Crippen LogP contribution is -2.41. The Morgan fingerprint density at radius 2 is 1.94 bits per heavy atom. The lowest BCUT2D eigenvalue weighted by Gasteiger charge is -2.35. The maximum atomic E-state index is 12.8. The Morgan fingerprint density at radius 3 is 2.66 bits per heavy atom. The van der Waals surface area contributed by atoms with Gasteiger partial charge in [-0.1, -0.05) is 29.3 Å². The molecular formula is C24H27Cl2N3O3. The molecule has 0 radical (unpaired) electrons. The van der Waals surface area contributed by atoms with Crippen LogP contribution in [0.1, 0.15) is 55.0 Å². The summed E-state index contributed by atoms with van der Waals surface area (Å²) < 4.78 is 0. The Labute approximate surface area is 197 Å². The van der Waals surface area contributed by atoms with E-state index >= 15 is 0 Å². The minimum atomic E-state index is -0.995. The van der Waals surface area contributed by atoms with Crippen LogP contribution in [-0.2, 0) is 22.4 Å². The van der Waals surface area contributed by atoms with Gasteiger partial charge in [0.15, 0.2) is 0 Å². The van der Waals surface area contributed by atoms with Crippen LogP contribution in [0.15, 0.2) is 30.3 Å². The Morgan fingerprint density at radius 1 is 1.19 bits per heavy atom. The molecule has 2 aliphatic rings. The SMILES string of the molecule is O=C(O)CC(NC(=O)C1CC(CCc2ccc3c(n2)NCCC3)C1)c1cc(Cl)cc(Cl)c1. The van der Waals surface area contributed by atoms with E-state index in [0.29, 0.717) is 21.5 Å². The number of amides is 1. The molecule has 2 aromatic rings. The van der Waals surface area contributed by atoms with Gasteiger partial charge in [-0.05, 0) is 79.8 Å². The molecule has 3 N–H and O–H groups in total. The summed E-state index contributed by atoms with van der Waals surface area (Å²) in [7, 11) is 0. The first-order valence-electron chi connectivity index (χ1n) is 11.1. The summed E-state index contributed by atoms with van der Waals surface area (Å²) in [5, 5.41) is 16.4. The second-order valence-corrected chi connectivity index (χ2v) is 9.65. The van der Waals surface area contributed by atoms with E-state index in [1.165, 1.54) is 5.56 Å². The number of benzene rings is 1. The highest BCUT2D eigenvalue weighted by molar-refractivity contribution is 6.34. The van der Waals surface area contributed by atoms with Crippen LogP contribution in [0.4, 0.5) is 5.82 Å². The van der Waals surface area contributed by atoms with Crippen molar-refractivity contribution < 1.29 is 14.7 Å². The second-order valence-electron chi connectivity index (χ2n) is 8.78. The highest BCUT2D eigenvalue weighted by Gasteiger charge is 2.35. The first-order valence-corrected chi connectivity index (χ1v) is 11.8. The van der Waals surface area contributed by atoms with E-state index in [1.807, 2.05) is 0 Å². The second kappa shape index (κ2) is 10.1. The van der Waals surface area contributed by atoms with Crippen molar-refractivity contribution >= 4 is 40.9 Å². The number of fused-ring (bicyclic) bond motifs is 1. The van der Waals surface area contributed by atoms with E-state index in [9.17, 15) is 14.7 Å². The zero-order valence-corrected chi connectivity index (χ0v) is 19.3. The maximum absolute atomic E-state index is 12.8. The Balaban J connectivity index is 1.28. The topological polar surface area (TPSA) is 91.3 Å². The minimum absolute atomic E-state index is 0.0934. The average Bonchev–Trinajstić information content (AvgIpc) is 2.71. The third kappa shape index (κ3) is 5.73. The first kappa shape index (κ1) is 22.9. The van der Waals surface area contributed by atoms with Crippen LogP contribution in [0.2, 0.25) is 10.0 Å². The van der Waals surface area contributed by atoms with Gasteiger partial charge < -0.3 is 15.7 Å². The quantitative estimate of drug-likeness (QED) is 0.497. The van der Waals surface area contributed by atoms with E-state index in [0.717, 1.165) is 56.6 Å². The number of aromatic nitrogens is 1. The van der Waals surface area contributed by atoms with Crippen molar-refractivity contribution in [2.24, 2.45) is 11.8 Å². The summed E-state index contributed by atoms with van der Waals surface area (Å²) in [6.07, 6.45) is 5.53. The summed E-state index contributed by atoms with van der Waals surface area (Å²) in [6.45, 7) is 0.979. The fourth-order valence-electron chi connectivity index (χ4n) is 4.54. The van der Waals surface area contributed by atoms with Gasteiger partial charge in [0.2, 0.25) is 5.91 Å². The zero-order chi connectivity index (χ0) is 22.7. The van der Waals surface area contributed by atoms with Crippen LogP contribution in [0.25, 0.3) is 0 Å². The molecule has 1 amide bonds. The van der Waals surface area contributed by atoms with Gasteiger partial charge in [-0.15, -0.1) is 0 Å². The number of pyridine rings is 1. The number of carbonyl (C=O) groups is 2. The molecule has 1 aromatic carbocycles. The van der Waals surface area contributed by atoms with Crippen molar-refractivity contribution in [1.82, 2.24) is 10.3 Å². The third-order valence-electron chi connectivity index (χ3n) is 6.35. The first-order chi connectivity index (χ1) is 15.4. The van der Waals surface area contributed by atoms with E-state index in [-0.39, 0.29) is 18.2 Å². The summed E-state index contributed by atoms with van der Waals surface area (Å²) in [6, 6.07) is 8.49. The van der Waals surface area contributed by atoms with Crippen molar-refractivity contribution in [2.75, 3.05) is 11.9 Å². The highest BCUT2D eigenvalue weighted by Crippen LogP contribution is 2.38. The molecule has 0 saturated heterocycles. The highest BCUT2D eigenvalue weighted by atomic mass is 35.5. The predicted molar refractivity (Wildman–Crippen MR) is 125 cm³/mol. The molecule has 1 aliphatic heterocycles. The van der Waals surface area contributed by atoms with Crippen molar-refractivity contribution in [3.05, 3.63) is 57.2 Å². The summed E-state index contributed by atoms with van der Waals surface area (Å²) in [5.41, 5.74) is 2.98. The molecule has 1 aromatic heterocycles. The number of carboxylic acids is 1. The lowest BCUT2D eigenvalue weighted by molar-refractivity contribution is -0.138. The van der Waals surface area contributed by atoms with Crippen molar-refractivity contribution in [3.8, 4) is 0 Å². The van der Waals surface area contributed by atoms with Crippen LogP contribution >= 0.6 is 23.2 Å². The predicted octanol–water partition coefficient (Wildman–Crippen LogP) is 5.04. The van der Waals surface area contributed by atoms with Crippen molar-refractivity contribution in [3.63, 3.8) is 0 Å². The lowest BCUT2D eigenvalue weighted by atomic mass is 9.72. The summed E-state index contributed by atoms with van der Waals surface area (Å²) >= 11 is 12.1. The zero-order valence-electron chi connectivity index (χ0n) is 17.7. The monoisotopic (exact) mass is 475 g/mol. The fraction of sp³-hybridized carbons (Fsp3) is 0.458. The number of nitrogens with one attached hydrogen (secondary N) is 2. The third-order valence-corrected chi connectivity index (χ3v) is 6.79. The number of hydrogen-bond acceptors (Lipinski definition) is 4. The standard InChI is InChI=1S/C24H27Cl2N3O3/c25-18-10-16(11-19(26)12-18)21(13-22(30)31)29-24(32)17-8-14(9-17)3-5-20-6-4-15-2-1-7-27-23(15)28-20/h4,6,10-12,14,17,21H,1-3,5,7-9,13H2,(H,27,28)(H,29,32)(H,30,31). The van der Waals surface area contributed by atoms with Gasteiger partial charge in [0.1, 0.15) is 5.82 Å². The van der Waals surface area contributed by atoms with Gasteiger partial charge >= 0.3 is 5.97 Å². The average molecular weight is 476 g/mol. The van der Waals surface area contributed by atoms with Crippen molar-refractivity contribution in [2.45, 2.75) is 51.0 Å². The number of carbonyl (C=O) groups excluding carboxylic acids is 1. The van der Waals surface area contributed by atoms with E-state index in [2.05, 4.69) is 22.8 Å². The molecule has 1 saturated carbocycles. The summed E-state index contributed by atoms with van der Waals surface area (Å²) in [4.78, 5) is 28.8. The minimum Gasteiger partial charge on any atom is -0.481 e. The van der Waals surface area contributed by atoms with Gasteiger partial charge in [0.25, 0.3) is 0 Å². The van der Waals surface area contributed by atoms with Gasteiger partial charge in [-0.2, -0.15) is 0 Å². The largest absolute Gasteiger partial charge is 0.481 e. The number of aryl methyl sites for hydroxylation is 2. The Kier molecular flexibility index (Phi) is 7.21. The number of hydrogen-bond donors (Lipinski definition) is 3. The smallest absolute Gasteiger partial charge is 0.305 e. The van der Waals surface area contributed by atoms with Crippen molar-refractivity contribution in [1.29, 1.82) is 0 Å². The van der Waals surface area contributed by atoms with Gasteiger partial charge in [-0.3, -0.25) is 9.59 Å². The maximum Gasteiger partial charge on any atom is 0.305 e. The van der Waals surface area contributed by atoms with Crippen LogP contribution in [0.3, 0.4) is 0 Å². The molecule has 6 nitrogen and oxygen atoms in total.